The molecule has 5 heteroatoms. The molecule has 0 saturated carbocycles. The van der Waals surface area contributed by atoms with Gasteiger partial charge in [-0.05, 0) is 0 Å². The lowest BCUT2D eigenvalue weighted by atomic mass is 10.1. The predicted octanol–water partition coefficient (Wildman–Crippen LogP) is 1.79. The molecule has 11 heavy (non-hydrogen) atoms. The van der Waals surface area contributed by atoms with E-state index in [1.807, 2.05) is 0 Å². The molecule has 0 aliphatic heterocycles. The van der Waals surface area contributed by atoms with Gasteiger partial charge in [0.15, 0.2) is 11.6 Å². The molecule has 0 amide bonds. The lowest BCUT2D eigenvalue weighted by molar-refractivity contribution is -0.120. The molecule has 0 bridgehead atoms. The summed E-state index contributed by atoms with van der Waals surface area (Å²) in [6.45, 7) is 0. The first-order chi connectivity index (χ1) is 5.04. The van der Waals surface area contributed by atoms with Gasteiger partial charge in [0, 0.05) is 6.08 Å². The van der Waals surface area contributed by atoms with E-state index in [1.165, 1.54) is 0 Å². The first-order valence-corrected chi connectivity index (χ1v) is 4.98. The third-order valence-corrected chi connectivity index (χ3v) is 4.21. The van der Waals surface area contributed by atoms with Crippen molar-refractivity contribution in [3.05, 3.63) is 11.1 Å². The molecule has 0 saturated heterocycles. The van der Waals surface area contributed by atoms with E-state index in [0.29, 0.717) is 0 Å². The van der Waals surface area contributed by atoms with E-state index in [0.717, 1.165) is 6.08 Å². The molecule has 0 spiro atoms. The monoisotopic (exact) mass is 300 g/mol. The second-order valence-electron chi connectivity index (χ2n) is 2.06. The molecule has 0 N–H and O–H groups in total. The molecule has 0 aromatic heterocycles. The van der Waals surface area contributed by atoms with Gasteiger partial charge in [-0.1, -0.05) is 43.5 Å². The summed E-state index contributed by atoms with van der Waals surface area (Å²) in [5, 5.41) is -0.00687. The summed E-state index contributed by atoms with van der Waals surface area (Å²) in [7, 11) is 0. The fraction of sp³-hybridized carbons (Fsp3) is 0.333. The predicted molar refractivity (Wildman–Crippen MR) is 49.4 cm³/mol. The number of alkyl halides is 2. The molecule has 1 aliphatic carbocycles. The van der Waals surface area contributed by atoms with E-state index < -0.39 is 9.65 Å². The number of hydrogen-bond donors (Lipinski definition) is 0. The van der Waals surface area contributed by atoms with Crippen molar-refractivity contribution in [2.24, 2.45) is 0 Å². The largest absolute Gasteiger partial charge is 0.293 e. The topological polar surface area (TPSA) is 34.1 Å². The fourth-order valence-corrected chi connectivity index (χ4v) is 1.92. The van der Waals surface area contributed by atoms with E-state index in [-0.39, 0.29) is 16.6 Å². The fourth-order valence-electron chi connectivity index (χ4n) is 0.684. The first kappa shape index (κ1) is 9.42. The van der Waals surface area contributed by atoms with Crippen molar-refractivity contribution >= 4 is 55.0 Å². The minimum Gasteiger partial charge on any atom is -0.293 e. The number of halogens is 3. The highest BCUT2D eigenvalue weighted by atomic mass is 79.9. The highest BCUT2D eigenvalue weighted by Gasteiger charge is 2.34. The van der Waals surface area contributed by atoms with Gasteiger partial charge in [0.05, 0.1) is 14.7 Å². The Morgan fingerprint density at radius 3 is 2.36 bits per heavy atom. The Hall–Kier alpha value is 0.330. The van der Waals surface area contributed by atoms with E-state index in [2.05, 4.69) is 31.9 Å². The third kappa shape index (κ3) is 1.73. The summed E-state index contributed by atoms with van der Waals surface area (Å²) in [5.74, 6) is -0.440. The van der Waals surface area contributed by atoms with Crippen LogP contribution in [0.15, 0.2) is 11.1 Å². The molecule has 0 aromatic carbocycles. The number of carbonyl (C=O) groups is 2. The summed E-state index contributed by atoms with van der Waals surface area (Å²) in [4.78, 5) is 21.0. The van der Waals surface area contributed by atoms with E-state index >= 15 is 0 Å². The van der Waals surface area contributed by atoms with Crippen molar-refractivity contribution in [3.63, 3.8) is 0 Å². The molecule has 0 heterocycles. The third-order valence-electron chi connectivity index (χ3n) is 1.28. The number of rotatable bonds is 0. The Labute approximate surface area is 85.2 Å². The highest BCUT2D eigenvalue weighted by Crippen LogP contribution is 2.26. The molecule has 60 valence electrons. The van der Waals surface area contributed by atoms with Crippen LogP contribution in [0.25, 0.3) is 0 Å². The highest BCUT2D eigenvalue weighted by molar-refractivity contribution is 9.12. The molecule has 0 fully saturated rings. The van der Waals surface area contributed by atoms with E-state index in [4.69, 9.17) is 11.6 Å². The summed E-state index contributed by atoms with van der Waals surface area (Å²) in [6, 6.07) is 0. The van der Waals surface area contributed by atoms with Crippen molar-refractivity contribution in [2.45, 2.75) is 9.65 Å². The first-order valence-electron chi connectivity index (χ1n) is 2.77. The average Bonchev–Trinajstić information content (AvgIpc) is 1.97. The van der Waals surface area contributed by atoms with Gasteiger partial charge >= 0.3 is 0 Å². The summed E-state index contributed by atoms with van der Waals surface area (Å²) >= 11 is 11.6. The van der Waals surface area contributed by atoms with Crippen molar-refractivity contribution < 1.29 is 9.59 Å². The molecule has 1 rings (SSSR count). The van der Waals surface area contributed by atoms with Crippen LogP contribution in [0.3, 0.4) is 0 Å². The van der Waals surface area contributed by atoms with Crippen LogP contribution in [0.1, 0.15) is 0 Å². The lowest BCUT2D eigenvalue weighted by Crippen LogP contribution is -2.34. The Balaban J connectivity index is 3.01. The van der Waals surface area contributed by atoms with Crippen LogP contribution in [-0.2, 0) is 9.59 Å². The number of ketones is 2. The van der Waals surface area contributed by atoms with Crippen LogP contribution in [0.2, 0.25) is 0 Å². The maximum absolute atomic E-state index is 11.1. The van der Waals surface area contributed by atoms with Crippen molar-refractivity contribution in [2.75, 3.05) is 0 Å². The van der Waals surface area contributed by atoms with Crippen molar-refractivity contribution in [1.82, 2.24) is 0 Å². The van der Waals surface area contributed by atoms with Gasteiger partial charge in [0.25, 0.3) is 0 Å². The zero-order valence-electron chi connectivity index (χ0n) is 5.18. The molecular formula is C6H3Br2ClO2. The summed E-state index contributed by atoms with van der Waals surface area (Å²) in [5.41, 5.74) is 0. The molecule has 0 radical (unpaired) electrons. The molecule has 1 aliphatic rings. The number of hydrogen-bond acceptors (Lipinski definition) is 2. The molecule has 0 aromatic rings. The number of carbonyl (C=O) groups excluding carboxylic acids is 2. The summed E-state index contributed by atoms with van der Waals surface area (Å²) < 4.78 is 0. The van der Waals surface area contributed by atoms with Crippen LogP contribution >= 0.6 is 43.5 Å². The van der Waals surface area contributed by atoms with Crippen LogP contribution < -0.4 is 0 Å². The van der Waals surface area contributed by atoms with Gasteiger partial charge in [0.1, 0.15) is 0 Å². The Morgan fingerprint density at radius 2 is 1.82 bits per heavy atom. The minimum absolute atomic E-state index is 0.00687. The quantitative estimate of drug-likeness (QED) is 0.639. The Kier molecular flexibility index (Phi) is 2.89. The Morgan fingerprint density at radius 1 is 1.27 bits per heavy atom. The Bertz CT molecular complexity index is 249. The van der Waals surface area contributed by atoms with Gasteiger partial charge < -0.3 is 0 Å². The molecule has 2 nitrogen and oxygen atoms in total. The maximum Gasteiger partial charge on any atom is 0.189 e. The number of allylic oxidation sites excluding steroid dienone is 2. The van der Waals surface area contributed by atoms with Gasteiger partial charge in [-0.3, -0.25) is 9.59 Å². The van der Waals surface area contributed by atoms with Gasteiger partial charge in [0.2, 0.25) is 0 Å². The number of Topliss-reactive ketones (excluding diaryl/α,β-unsaturated/α-hetero) is 1. The molecule has 2 atom stereocenters. The SMILES string of the molecule is O=C1C=C(Cl)C(=O)C(Br)C1Br. The molecular weight excluding hydrogens is 299 g/mol. The second-order valence-corrected chi connectivity index (χ2v) is 4.44. The van der Waals surface area contributed by atoms with Gasteiger partial charge in [-0.25, -0.2) is 0 Å². The second kappa shape index (κ2) is 3.37. The van der Waals surface area contributed by atoms with Gasteiger partial charge in [-0.2, -0.15) is 0 Å². The summed E-state index contributed by atoms with van der Waals surface area (Å²) in [6.07, 6.45) is 1.14. The van der Waals surface area contributed by atoms with Crippen LogP contribution in [0.4, 0.5) is 0 Å². The normalized spacial score (nSPS) is 32.1. The van der Waals surface area contributed by atoms with Crippen molar-refractivity contribution in [3.8, 4) is 0 Å². The molecule has 2 unspecified atom stereocenters. The van der Waals surface area contributed by atoms with Crippen molar-refractivity contribution in [1.29, 1.82) is 0 Å². The zero-order valence-corrected chi connectivity index (χ0v) is 9.11. The standard InChI is InChI=1S/C6H3Br2ClO2/c7-4-3(10)1-2(9)6(11)5(4)8/h1,4-5H. The van der Waals surface area contributed by atoms with E-state index in [9.17, 15) is 9.59 Å². The minimum atomic E-state index is -0.535. The lowest BCUT2D eigenvalue weighted by Gasteiger charge is -2.16. The van der Waals surface area contributed by atoms with Gasteiger partial charge in [-0.15, -0.1) is 0 Å². The zero-order chi connectivity index (χ0) is 8.59. The van der Waals surface area contributed by atoms with E-state index in [1.54, 1.807) is 0 Å². The maximum atomic E-state index is 11.1. The van der Waals surface area contributed by atoms with Crippen LogP contribution in [0, 0.1) is 0 Å². The smallest absolute Gasteiger partial charge is 0.189 e. The average molecular weight is 302 g/mol. The van der Waals surface area contributed by atoms with Crippen LogP contribution in [0.5, 0.6) is 0 Å². The van der Waals surface area contributed by atoms with Crippen LogP contribution in [-0.4, -0.2) is 21.2 Å².